The lowest BCUT2D eigenvalue weighted by Crippen LogP contribution is -2.23. The number of carbonyl (C=O) groups is 1. The highest BCUT2D eigenvalue weighted by molar-refractivity contribution is 5.97. The summed E-state index contributed by atoms with van der Waals surface area (Å²) in [6, 6.07) is 13.6. The van der Waals surface area contributed by atoms with Crippen molar-refractivity contribution in [2.24, 2.45) is 7.05 Å². The third kappa shape index (κ3) is 3.14. The van der Waals surface area contributed by atoms with Gasteiger partial charge in [-0.3, -0.25) is 14.5 Å². The largest absolute Gasteiger partial charge is 0.351 e. The molecule has 2 N–H and O–H groups in total. The lowest BCUT2D eigenvalue weighted by Gasteiger charge is -2.04. The molecule has 0 radical (unpaired) electrons. The molecule has 0 spiro atoms. The fraction of sp³-hybridized carbons (Fsp3) is 0.105. The zero-order valence-corrected chi connectivity index (χ0v) is 13.7. The SMILES string of the molecule is Cn1cc(-c2ccc(CNC(=O)c3cc4ccccc4[nH]3)cn2)cn1. The van der Waals surface area contributed by atoms with Gasteiger partial charge in [0.05, 0.1) is 11.9 Å². The van der Waals surface area contributed by atoms with Gasteiger partial charge in [-0.2, -0.15) is 5.10 Å². The summed E-state index contributed by atoms with van der Waals surface area (Å²) in [7, 11) is 1.87. The van der Waals surface area contributed by atoms with E-state index in [2.05, 4.69) is 20.4 Å². The molecule has 0 atom stereocenters. The Labute approximate surface area is 144 Å². The molecule has 0 unspecified atom stereocenters. The molecule has 0 aliphatic heterocycles. The molecular weight excluding hydrogens is 314 g/mol. The van der Waals surface area contributed by atoms with E-state index in [0.29, 0.717) is 12.2 Å². The Morgan fingerprint density at radius 2 is 2.08 bits per heavy atom. The average molecular weight is 331 g/mol. The first-order valence-electron chi connectivity index (χ1n) is 7.99. The molecule has 0 fully saturated rings. The minimum Gasteiger partial charge on any atom is -0.351 e. The number of rotatable bonds is 4. The Bertz CT molecular complexity index is 996. The Morgan fingerprint density at radius 1 is 1.20 bits per heavy atom. The fourth-order valence-electron chi connectivity index (χ4n) is 2.73. The molecule has 3 heterocycles. The number of nitrogens with one attached hydrogen (secondary N) is 2. The van der Waals surface area contributed by atoms with E-state index < -0.39 is 0 Å². The maximum absolute atomic E-state index is 12.3. The lowest BCUT2D eigenvalue weighted by atomic mass is 10.2. The number of aromatic nitrogens is 4. The van der Waals surface area contributed by atoms with Crippen LogP contribution < -0.4 is 5.32 Å². The standard InChI is InChI=1S/C19H17N5O/c1-24-12-15(11-22-24)16-7-6-13(9-20-16)10-21-19(25)18-8-14-4-2-3-5-17(14)23-18/h2-9,11-12,23H,10H2,1H3,(H,21,25). The Morgan fingerprint density at radius 3 is 2.80 bits per heavy atom. The highest BCUT2D eigenvalue weighted by atomic mass is 16.1. The van der Waals surface area contributed by atoms with E-state index >= 15 is 0 Å². The lowest BCUT2D eigenvalue weighted by molar-refractivity contribution is 0.0946. The first-order chi connectivity index (χ1) is 12.2. The summed E-state index contributed by atoms with van der Waals surface area (Å²) in [5.41, 5.74) is 4.28. The second kappa shape index (κ2) is 6.24. The summed E-state index contributed by atoms with van der Waals surface area (Å²) in [6.45, 7) is 0.425. The minimum atomic E-state index is -0.132. The average Bonchev–Trinajstić information content (AvgIpc) is 3.26. The molecule has 0 saturated heterocycles. The molecule has 4 aromatic rings. The molecule has 0 aliphatic carbocycles. The summed E-state index contributed by atoms with van der Waals surface area (Å²) < 4.78 is 1.74. The molecule has 6 nitrogen and oxygen atoms in total. The van der Waals surface area contributed by atoms with Crippen LogP contribution in [-0.4, -0.2) is 25.7 Å². The Balaban J connectivity index is 1.43. The van der Waals surface area contributed by atoms with E-state index in [-0.39, 0.29) is 5.91 Å². The summed E-state index contributed by atoms with van der Waals surface area (Å²) >= 11 is 0. The van der Waals surface area contributed by atoms with E-state index in [0.717, 1.165) is 27.7 Å². The van der Waals surface area contributed by atoms with Crippen molar-refractivity contribution in [1.29, 1.82) is 0 Å². The van der Waals surface area contributed by atoms with Gasteiger partial charge >= 0.3 is 0 Å². The van der Waals surface area contributed by atoms with Crippen LogP contribution in [0.2, 0.25) is 0 Å². The molecule has 3 aromatic heterocycles. The molecule has 6 heteroatoms. The third-order valence-electron chi connectivity index (χ3n) is 4.05. The maximum atomic E-state index is 12.3. The van der Waals surface area contributed by atoms with E-state index in [1.165, 1.54) is 0 Å². The molecule has 1 amide bonds. The summed E-state index contributed by atoms with van der Waals surface area (Å²) in [5, 5.41) is 8.08. The summed E-state index contributed by atoms with van der Waals surface area (Å²) in [5.74, 6) is -0.132. The van der Waals surface area contributed by atoms with Crippen LogP contribution in [0.4, 0.5) is 0 Å². The van der Waals surface area contributed by atoms with E-state index in [4.69, 9.17) is 0 Å². The van der Waals surface area contributed by atoms with Gasteiger partial charge in [-0.15, -0.1) is 0 Å². The van der Waals surface area contributed by atoms with Crippen molar-refractivity contribution in [3.8, 4) is 11.3 Å². The number of pyridine rings is 1. The van der Waals surface area contributed by atoms with Crippen LogP contribution in [0.1, 0.15) is 16.1 Å². The number of aromatic amines is 1. The van der Waals surface area contributed by atoms with Gasteiger partial charge in [0.25, 0.3) is 5.91 Å². The number of hydrogen-bond donors (Lipinski definition) is 2. The number of H-pyrrole nitrogens is 1. The molecule has 25 heavy (non-hydrogen) atoms. The van der Waals surface area contributed by atoms with E-state index in [1.807, 2.05) is 55.7 Å². The van der Waals surface area contributed by atoms with Crippen molar-refractivity contribution < 1.29 is 4.79 Å². The Kier molecular flexibility index (Phi) is 3.78. The molecule has 4 rings (SSSR count). The number of amides is 1. The van der Waals surface area contributed by atoms with Gasteiger partial charge in [0.2, 0.25) is 0 Å². The zero-order valence-electron chi connectivity index (χ0n) is 13.7. The molecule has 0 aliphatic rings. The second-order valence-electron chi connectivity index (χ2n) is 5.91. The third-order valence-corrected chi connectivity index (χ3v) is 4.05. The van der Waals surface area contributed by atoms with Crippen molar-refractivity contribution in [2.45, 2.75) is 6.54 Å². The van der Waals surface area contributed by atoms with Crippen molar-refractivity contribution in [2.75, 3.05) is 0 Å². The normalized spacial score (nSPS) is 10.9. The molecule has 124 valence electrons. The minimum absolute atomic E-state index is 0.132. The second-order valence-corrected chi connectivity index (χ2v) is 5.91. The van der Waals surface area contributed by atoms with Crippen molar-refractivity contribution in [3.05, 3.63) is 72.3 Å². The number of para-hydroxylation sites is 1. The number of nitrogens with zero attached hydrogens (tertiary/aromatic N) is 3. The van der Waals surface area contributed by atoms with Gasteiger partial charge in [0.15, 0.2) is 0 Å². The van der Waals surface area contributed by atoms with Crippen LogP contribution in [0.3, 0.4) is 0 Å². The van der Waals surface area contributed by atoms with Gasteiger partial charge in [0.1, 0.15) is 5.69 Å². The predicted molar refractivity (Wildman–Crippen MR) is 95.9 cm³/mol. The predicted octanol–water partition coefficient (Wildman–Crippen LogP) is 2.89. The highest BCUT2D eigenvalue weighted by Gasteiger charge is 2.09. The zero-order chi connectivity index (χ0) is 17.2. The van der Waals surface area contributed by atoms with Crippen molar-refractivity contribution in [1.82, 2.24) is 25.1 Å². The first kappa shape index (κ1) is 15.1. The number of hydrogen-bond acceptors (Lipinski definition) is 3. The van der Waals surface area contributed by atoms with Crippen LogP contribution in [0, 0.1) is 0 Å². The molecule has 1 aromatic carbocycles. The van der Waals surface area contributed by atoms with Crippen molar-refractivity contribution >= 4 is 16.8 Å². The number of benzene rings is 1. The Hall–Kier alpha value is -3.41. The monoisotopic (exact) mass is 331 g/mol. The highest BCUT2D eigenvalue weighted by Crippen LogP contribution is 2.16. The topological polar surface area (TPSA) is 75.6 Å². The van der Waals surface area contributed by atoms with Crippen LogP contribution in [-0.2, 0) is 13.6 Å². The quantitative estimate of drug-likeness (QED) is 0.604. The summed E-state index contributed by atoms with van der Waals surface area (Å²) in [4.78, 5) is 19.9. The van der Waals surface area contributed by atoms with Crippen molar-refractivity contribution in [3.63, 3.8) is 0 Å². The van der Waals surface area contributed by atoms with E-state index in [1.54, 1.807) is 17.1 Å². The number of fused-ring (bicyclic) bond motifs is 1. The summed E-state index contributed by atoms with van der Waals surface area (Å²) in [6.07, 6.45) is 5.47. The van der Waals surface area contributed by atoms with Crippen LogP contribution in [0.15, 0.2) is 61.1 Å². The van der Waals surface area contributed by atoms with E-state index in [9.17, 15) is 4.79 Å². The van der Waals surface area contributed by atoms with Gasteiger partial charge in [-0.1, -0.05) is 24.3 Å². The number of aryl methyl sites for hydroxylation is 1. The fourth-order valence-corrected chi connectivity index (χ4v) is 2.73. The first-order valence-corrected chi connectivity index (χ1v) is 7.99. The number of carbonyl (C=O) groups excluding carboxylic acids is 1. The van der Waals surface area contributed by atoms with Crippen LogP contribution in [0.5, 0.6) is 0 Å². The molecule has 0 bridgehead atoms. The smallest absolute Gasteiger partial charge is 0.267 e. The van der Waals surface area contributed by atoms with Crippen LogP contribution in [0.25, 0.3) is 22.2 Å². The van der Waals surface area contributed by atoms with Crippen LogP contribution >= 0.6 is 0 Å². The van der Waals surface area contributed by atoms with Gasteiger partial charge in [-0.25, -0.2) is 0 Å². The molecular formula is C19H17N5O. The maximum Gasteiger partial charge on any atom is 0.267 e. The molecule has 0 saturated carbocycles. The van der Waals surface area contributed by atoms with Gasteiger partial charge < -0.3 is 10.3 Å². The van der Waals surface area contributed by atoms with Gasteiger partial charge in [0, 0.05) is 42.5 Å². The van der Waals surface area contributed by atoms with Gasteiger partial charge in [-0.05, 0) is 23.8 Å².